The van der Waals surface area contributed by atoms with Gasteiger partial charge in [-0.3, -0.25) is 10.1 Å². The van der Waals surface area contributed by atoms with Crippen LogP contribution in [0.4, 0.5) is 0 Å². The van der Waals surface area contributed by atoms with Crippen molar-refractivity contribution in [2.45, 2.75) is 12.6 Å². The number of aliphatic carboxylic acids is 1. The minimum atomic E-state index is -0.944. The average molecular weight is 227 g/mol. The molecule has 15 heavy (non-hydrogen) atoms. The van der Waals surface area contributed by atoms with Gasteiger partial charge in [0.1, 0.15) is 11.8 Å². The number of aromatic hydroxyl groups is 1. The van der Waals surface area contributed by atoms with Gasteiger partial charge in [0.2, 0.25) is 0 Å². The molecule has 0 spiro atoms. The summed E-state index contributed by atoms with van der Waals surface area (Å²) in [6.45, 7) is 0.310. The first-order valence-electron chi connectivity index (χ1n) is 4.49. The Balaban J connectivity index is 2.56. The maximum absolute atomic E-state index is 10.7. The zero-order valence-electron chi connectivity index (χ0n) is 8.05. The summed E-state index contributed by atoms with van der Waals surface area (Å²) in [6, 6.07) is 6.10. The lowest BCUT2D eigenvalue weighted by molar-refractivity contribution is -0.138. The summed E-state index contributed by atoms with van der Waals surface area (Å²) >= 11 is 3.92. The van der Waals surface area contributed by atoms with E-state index in [0.717, 1.165) is 0 Å². The summed E-state index contributed by atoms with van der Waals surface area (Å²) in [7, 11) is 0. The van der Waals surface area contributed by atoms with E-state index in [-0.39, 0.29) is 11.5 Å². The number of carboxylic acid groups (broad SMARTS) is 1. The number of phenolic OH excluding ortho intramolecular Hbond substituents is 1. The Morgan fingerprint density at radius 3 is 2.67 bits per heavy atom. The van der Waals surface area contributed by atoms with Gasteiger partial charge in [-0.2, -0.15) is 12.6 Å². The van der Waals surface area contributed by atoms with E-state index < -0.39 is 12.0 Å². The van der Waals surface area contributed by atoms with Crippen LogP contribution < -0.4 is 5.32 Å². The molecule has 1 rings (SSSR count). The van der Waals surface area contributed by atoms with Crippen LogP contribution in [-0.4, -0.2) is 28.0 Å². The van der Waals surface area contributed by atoms with Crippen molar-refractivity contribution >= 4 is 18.6 Å². The van der Waals surface area contributed by atoms with Crippen molar-refractivity contribution in [2.24, 2.45) is 0 Å². The normalized spacial score (nSPS) is 12.3. The number of carbonyl (C=O) groups is 1. The van der Waals surface area contributed by atoms with E-state index in [4.69, 9.17) is 5.11 Å². The predicted molar refractivity (Wildman–Crippen MR) is 60.2 cm³/mol. The molecule has 3 N–H and O–H groups in total. The predicted octanol–water partition coefficient (Wildman–Crippen LogP) is 0.865. The van der Waals surface area contributed by atoms with E-state index in [1.54, 1.807) is 24.3 Å². The molecule has 0 saturated carbocycles. The quantitative estimate of drug-likeness (QED) is 0.563. The molecular formula is C10H13NO3S. The van der Waals surface area contributed by atoms with Gasteiger partial charge < -0.3 is 10.2 Å². The molecule has 0 aromatic heterocycles. The first kappa shape index (κ1) is 11.9. The molecule has 0 aliphatic heterocycles. The number of thiol groups is 1. The Morgan fingerprint density at radius 1 is 1.47 bits per heavy atom. The Hall–Kier alpha value is -1.20. The number of hydrogen-bond acceptors (Lipinski definition) is 4. The molecule has 0 saturated heterocycles. The molecule has 0 bridgehead atoms. The summed E-state index contributed by atoms with van der Waals surface area (Å²) in [5.41, 5.74) is 0.672. The Morgan fingerprint density at radius 2 is 2.13 bits per heavy atom. The Labute approximate surface area is 93.3 Å². The molecule has 5 heteroatoms. The molecular weight excluding hydrogens is 214 g/mol. The van der Waals surface area contributed by atoms with Gasteiger partial charge >= 0.3 is 5.97 Å². The van der Waals surface area contributed by atoms with Gasteiger partial charge in [-0.1, -0.05) is 18.2 Å². The van der Waals surface area contributed by atoms with Gasteiger partial charge in [-0.05, 0) is 6.07 Å². The summed E-state index contributed by atoms with van der Waals surface area (Å²) in [4.78, 5) is 10.7. The topological polar surface area (TPSA) is 69.6 Å². The molecule has 0 aliphatic rings. The zero-order chi connectivity index (χ0) is 11.3. The van der Waals surface area contributed by atoms with Crippen molar-refractivity contribution in [3.63, 3.8) is 0 Å². The van der Waals surface area contributed by atoms with E-state index in [0.29, 0.717) is 12.1 Å². The summed E-state index contributed by atoms with van der Waals surface area (Å²) in [6.07, 6.45) is 0. The van der Waals surface area contributed by atoms with Crippen LogP contribution in [0.25, 0.3) is 0 Å². The minimum Gasteiger partial charge on any atom is -0.508 e. The fourth-order valence-electron chi connectivity index (χ4n) is 1.12. The van der Waals surface area contributed by atoms with Crippen LogP contribution in [0.5, 0.6) is 5.75 Å². The molecule has 82 valence electrons. The van der Waals surface area contributed by atoms with Crippen LogP contribution in [0.1, 0.15) is 5.56 Å². The lowest BCUT2D eigenvalue weighted by Gasteiger charge is -2.12. The van der Waals surface area contributed by atoms with Gasteiger partial charge in [0.05, 0.1) is 0 Å². The molecule has 4 nitrogen and oxygen atoms in total. The minimum absolute atomic E-state index is 0.160. The highest BCUT2D eigenvalue weighted by atomic mass is 32.1. The van der Waals surface area contributed by atoms with Gasteiger partial charge in [-0.25, -0.2) is 0 Å². The number of rotatable bonds is 5. The van der Waals surface area contributed by atoms with Crippen LogP contribution in [0.2, 0.25) is 0 Å². The molecule has 0 aliphatic carbocycles. The lowest BCUT2D eigenvalue weighted by Crippen LogP contribution is -2.37. The molecule has 0 radical (unpaired) electrons. The molecule has 1 aromatic carbocycles. The van der Waals surface area contributed by atoms with Crippen LogP contribution in [0.15, 0.2) is 24.3 Å². The van der Waals surface area contributed by atoms with E-state index >= 15 is 0 Å². The van der Waals surface area contributed by atoms with E-state index in [1.165, 1.54) is 0 Å². The summed E-state index contributed by atoms with van der Waals surface area (Å²) in [5, 5.41) is 21.0. The monoisotopic (exact) mass is 227 g/mol. The molecule has 0 fully saturated rings. The third-order valence-electron chi connectivity index (χ3n) is 2.01. The molecule has 0 heterocycles. The highest BCUT2D eigenvalue weighted by Gasteiger charge is 2.14. The lowest BCUT2D eigenvalue weighted by atomic mass is 10.2. The number of nitrogens with one attached hydrogen (secondary N) is 1. The van der Waals surface area contributed by atoms with Crippen molar-refractivity contribution in [1.29, 1.82) is 0 Å². The number of para-hydroxylation sites is 1. The van der Waals surface area contributed by atoms with Crippen LogP contribution >= 0.6 is 12.6 Å². The first-order valence-corrected chi connectivity index (χ1v) is 5.12. The van der Waals surface area contributed by atoms with Crippen LogP contribution in [-0.2, 0) is 11.3 Å². The number of phenols is 1. The Kier molecular flexibility index (Phi) is 4.45. The second-order valence-electron chi connectivity index (χ2n) is 3.08. The fourth-order valence-corrected chi connectivity index (χ4v) is 1.41. The average Bonchev–Trinajstić information content (AvgIpc) is 2.21. The Bertz CT molecular complexity index is 343. The van der Waals surface area contributed by atoms with Gasteiger partial charge in [-0.15, -0.1) is 0 Å². The highest BCUT2D eigenvalue weighted by molar-refractivity contribution is 7.80. The fraction of sp³-hybridized carbons (Fsp3) is 0.300. The van der Waals surface area contributed by atoms with Crippen molar-refractivity contribution in [2.75, 3.05) is 5.75 Å². The standard InChI is InChI=1S/C10H13NO3S/c12-9-4-2-1-3-7(9)5-11-8(6-15)10(13)14/h1-4,8,11-12,15H,5-6H2,(H,13,14)/t8-/m0/s1. The third-order valence-corrected chi connectivity index (χ3v) is 2.38. The van der Waals surface area contributed by atoms with Crippen molar-refractivity contribution in [3.05, 3.63) is 29.8 Å². The third kappa shape index (κ3) is 3.45. The second kappa shape index (κ2) is 5.63. The molecule has 0 amide bonds. The van der Waals surface area contributed by atoms with E-state index in [9.17, 15) is 9.90 Å². The number of benzene rings is 1. The maximum Gasteiger partial charge on any atom is 0.321 e. The van der Waals surface area contributed by atoms with Crippen molar-refractivity contribution in [1.82, 2.24) is 5.32 Å². The smallest absolute Gasteiger partial charge is 0.321 e. The molecule has 1 atom stereocenters. The van der Waals surface area contributed by atoms with E-state index in [2.05, 4.69) is 17.9 Å². The van der Waals surface area contributed by atoms with E-state index in [1.807, 2.05) is 0 Å². The summed E-state index contributed by atoms with van der Waals surface area (Å²) < 4.78 is 0. The zero-order valence-corrected chi connectivity index (χ0v) is 8.95. The van der Waals surface area contributed by atoms with Crippen LogP contribution in [0.3, 0.4) is 0 Å². The number of carboxylic acids is 1. The second-order valence-corrected chi connectivity index (χ2v) is 3.45. The largest absolute Gasteiger partial charge is 0.508 e. The highest BCUT2D eigenvalue weighted by Crippen LogP contribution is 2.15. The van der Waals surface area contributed by atoms with Crippen molar-refractivity contribution < 1.29 is 15.0 Å². The maximum atomic E-state index is 10.7. The van der Waals surface area contributed by atoms with Crippen molar-refractivity contribution in [3.8, 4) is 5.75 Å². The molecule has 1 aromatic rings. The van der Waals surface area contributed by atoms with Gasteiger partial charge in [0, 0.05) is 17.9 Å². The number of hydrogen-bond donors (Lipinski definition) is 4. The SMILES string of the molecule is O=C(O)[C@H](CS)NCc1ccccc1O. The molecule has 0 unspecified atom stereocenters. The van der Waals surface area contributed by atoms with Crippen LogP contribution in [0, 0.1) is 0 Å². The summed E-state index contributed by atoms with van der Waals surface area (Å²) in [5.74, 6) is -0.572. The first-order chi connectivity index (χ1) is 7.15. The van der Waals surface area contributed by atoms with Gasteiger partial charge in [0.25, 0.3) is 0 Å². The van der Waals surface area contributed by atoms with Gasteiger partial charge in [0.15, 0.2) is 0 Å².